The lowest BCUT2D eigenvalue weighted by atomic mass is 10.1. The van der Waals surface area contributed by atoms with E-state index in [0.717, 1.165) is 12.8 Å². The van der Waals surface area contributed by atoms with Crippen LogP contribution in [0.25, 0.3) is 0 Å². The summed E-state index contributed by atoms with van der Waals surface area (Å²) in [5.74, 6) is -2.40. The predicted molar refractivity (Wildman–Crippen MR) is 44.0 cm³/mol. The molecule has 0 aromatic carbocycles. The molecule has 11 heavy (non-hydrogen) atoms. The minimum Gasteiger partial charge on any atom is -0.207 e. The zero-order valence-corrected chi connectivity index (χ0v) is 7.50. The first kappa shape index (κ1) is 10.9. The fraction of sp³-hybridized carbons (Fsp3) is 1.00. The highest BCUT2D eigenvalue weighted by Gasteiger charge is 2.26. The molecular weight excluding hydrogens is 146 g/mol. The third kappa shape index (κ3) is 6.27. The summed E-state index contributed by atoms with van der Waals surface area (Å²) in [6, 6.07) is 0. The SMILES string of the molecule is CCCCC(F)(F)CCCC. The molecule has 0 aliphatic heterocycles. The Hall–Kier alpha value is -0.140. The van der Waals surface area contributed by atoms with E-state index >= 15 is 0 Å². The van der Waals surface area contributed by atoms with Gasteiger partial charge in [-0.25, -0.2) is 8.78 Å². The predicted octanol–water partition coefficient (Wildman–Crippen LogP) is 4.00. The number of hydrogen-bond donors (Lipinski definition) is 0. The Kier molecular flexibility index (Phi) is 5.43. The maximum atomic E-state index is 12.8. The van der Waals surface area contributed by atoms with Crippen LogP contribution in [-0.4, -0.2) is 5.92 Å². The molecule has 0 aliphatic rings. The normalized spacial score (nSPS) is 12.0. The minimum atomic E-state index is -2.40. The molecule has 0 radical (unpaired) electrons. The second kappa shape index (κ2) is 5.50. The summed E-state index contributed by atoms with van der Waals surface area (Å²) in [6.07, 6.45) is 3.17. The number of unbranched alkanes of at least 4 members (excludes halogenated alkanes) is 2. The van der Waals surface area contributed by atoms with Crippen molar-refractivity contribution >= 4 is 0 Å². The highest BCUT2D eigenvalue weighted by molar-refractivity contribution is 4.65. The fourth-order valence-electron chi connectivity index (χ4n) is 0.996. The van der Waals surface area contributed by atoms with Crippen molar-refractivity contribution in [2.75, 3.05) is 0 Å². The second-order valence-corrected chi connectivity index (χ2v) is 3.06. The first-order valence-corrected chi connectivity index (χ1v) is 4.50. The number of halogens is 2. The van der Waals surface area contributed by atoms with E-state index in [0.29, 0.717) is 12.8 Å². The van der Waals surface area contributed by atoms with E-state index in [1.165, 1.54) is 0 Å². The number of hydrogen-bond acceptors (Lipinski definition) is 0. The van der Waals surface area contributed by atoms with Gasteiger partial charge >= 0.3 is 0 Å². The second-order valence-electron chi connectivity index (χ2n) is 3.06. The Morgan fingerprint density at radius 2 is 1.27 bits per heavy atom. The molecule has 0 saturated heterocycles. The summed E-state index contributed by atoms with van der Waals surface area (Å²) in [7, 11) is 0. The lowest BCUT2D eigenvalue weighted by Crippen LogP contribution is -2.15. The molecule has 68 valence electrons. The van der Waals surface area contributed by atoms with Gasteiger partial charge in [0.2, 0.25) is 5.92 Å². The molecule has 0 heterocycles. The van der Waals surface area contributed by atoms with Crippen molar-refractivity contribution in [2.45, 2.75) is 58.3 Å². The zero-order valence-electron chi connectivity index (χ0n) is 7.50. The number of rotatable bonds is 6. The average molecular weight is 164 g/mol. The van der Waals surface area contributed by atoms with Gasteiger partial charge in [-0.1, -0.05) is 26.7 Å². The monoisotopic (exact) mass is 164 g/mol. The molecule has 0 fully saturated rings. The van der Waals surface area contributed by atoms with Crippen LogP contribution in [0.4, 0.5) is 8.78 Å². The smallest absolute Gasteiger partial charge is 0.207 e. The van der Waals surface area contributed by atoms with Gasteiger partial charge in [0.1, 0.15) is 0 Å². The van der Waals surface area contributed by atoms with Gasteiger partial charge in [-0.15, -0.1) is 0 Å². The lowest BCUT2D eigenvalue weighted by molar-refractivity contribution is -0.0199. The Morgan fingerprint density at radius 1 is 0.909 bits per heavy atom. The van der Waals surface area contributed by atoms with Crippen LogP contribution in [0.1, 0.15) is 52.4 Å². The molecule has 0 rings (SSSR count). The van der Waals surface area contributed by atoms with Gasteiger partial charge in [-0.3, -0.25) is 0 Å². The lowest BCUT2D eigenvalue weighted by Gasteiger charge is -2.14. The molecule has 0 saturated carbocycles. The molecule has 0 N–H and O–H groups in total. The van der Waals surface area contributed by atoms with Crippen LogP contribution in [0.15, 0.2) is 0 Å². The minimum absolute atomic E-state index is 0.0729. The topological polar surface area (TPSA) is 0 Å². The molecule has 0 nitrogen and oxygen atoms in total. The summed E-state index contributed by atoms with van der Waals surface area (Å²) in [6.45, 7) is 3.88. The standard InChI is InChI=1S/C9H18F2/c1-3-5-7-9(10,11)8-6-4-2/h3-8H2,1-2H3. The third-order valence-electron chi connectivity index (χ3n) is 1.79. The Balaban J connectivity index is 3.43. The van der Waals surface area contributed by atoms with Gasteiger partial charge in [0.25, 0.3) is 0 Å². The Bertz CT molecular complexity index is 79.6. The highest BCUT2D eigenvalue weighted by Crippen LogP contribution is 2.27. The van der Waals surface area contributed by atoms with Crippen LogP contribution in [-0.2, 0) is 0 Å². The van der Waals surface area contributed by atoms with Crippen LogP contribution in [0, 0.1) is 0 Å². The summed E-state index contributed by atoms with van der Waals surface area (Å²) in [4.78, 5) is 0. The Morgan fingerprint density at radius 3 is 1.55 bits per heavy atom. The van der Waals surface area contributed by atoms with E-state index in [-0.39, 0.29) is 12.8 Å². The summed E-state index contributed by atoms with van der Waals surface area (Å²) in [5, 5.41) is 0. The van der Waals surface area contributed by atoms with Crippen molar-refractivity contribution in [3.63, 3.8) is 0 Å². The van der Waals surface area contributed by atoms with Crippen molar-refractivity contribution in [2.24, 2.45) is 0 Å². The molecule has 0 unspecified atom stereocenters. The van der Waals surface area contributed by atoms with Crippen molar-refractivity contribution in [1.29, 1.82) is 0 Å². The first-order valence-electron chi connectivity index (χ1n) is 4.50. The first-order chi connectivity index (χ1) is 5.12. The van der Waals surface area contributed by atoms with Crippen LogP contribution in [0.5, 0.6) is 0 Å². The van der Waals surface area contributed by atoms with E-state index in [2.05, 4.69) is 0 Å². The summed E-state index contributed by atoms with van der Waals surface area (Å²) < 4.78 is 25.6. The van der Waals surface area contributed by atoms with Gasteiger partial charge in [-0.2, -0.15) is 0 Å². The van der Waals surface area contributed by atoms with Crippen molar-refractivity contribution in [1.82, 2.24) is 0 Å². The molecule has 0 bridgehead atoms. The quantitative estimate of drug-likeness (QED) is 0.556. The van der Waals surface area contributed by atoms with Crippen LogP contribution in [0.3, 0.4) is 0 Å². The van der Waals surface area contributed by atoms with Crippen LogP contribution in [0.2, 0.25) is 0 Å². The maximum absolute atomic E-state index is 12.8. The van der Waals surface area contributed by atoms with Gasteiger partial charge in [0.05, 0.1) is 0 Å². The molecular formula is C9H18F2. The molecule has 0 atom stereocenters. The van der Waals surface area contributed by atoms with Gasteiger partial charge < -0.3 is 0 Å². The molecule has 2 heteroatoms. The molecule has 0 aromatic rings. The van der Waals surface area contributed by atoms with E-state index in [1.807, 2.05) is 13.8 Å². The van der Waals surface area contributed by atoms with E-state index in [1.54, 1.807) is 0 Å². The van der Waals surface area contributed by atoms with Gasteiger partial charge in [0.15, 0.2) is 0 Å². The summed E-state index contributed by atoms with van der Waals surface area (Å²) in [5.41, 5.74) is 0. The van der Waals surface area contributed by atoms with Crippen molar-refractivity contribution in [3.8, 4) is 0 Å². The number of alkyl halides is 2. The van der Waals surface area contributed by atoms with E-state index < -0.39 is 5.92 Å². The molecule has 0 amide bonds. The summed E-state index contributed by atoms with van der Waals surface area (Å²) >= 11 is 0. The molecule has 0 aromatic heterocycles. The molecule has 0 spiro atoms. The largest absolute Gasteiger partial charge is 0.248 e. The average Bonchev–Trinajstić information content (AvgIpc) is 1.97. The van der Waals surface area contributed by atoms with Crippen molar-refractivity contribution < 1.29 is 8.78 Å². The van der Waals surface area contributed by atoms with Gasteiger partial charge in [0, 0.05) is 12.8 Å². The van der Waals surface area contributed by atoms with E-state index in [9.17, 15) is 8.78 Å². The Labute approximate surface area is 68.0 Å². The fourth-order valence-corrected chi connectivity index (χ4v) is 0.996. The highest BCUT2D eigenvalue weighted by atomic mass is 19.3. The third-order valence-corrected chi connectivity index (χ3v) is 1.79. The van der Waals surface area contributed by atoms with Crippen molar-refractivity contribution in [3.05, 3.63) is 0 Å². The van der Waals surface area contributed by atoms with Gasteiger partial charge in [-0.05, 0) is 12.8 Å². The maximum Gasteiger partial charge on any atom is 0.248 e. The molecule has 0 aliphatic carbocycles. The van der Waals surface area contributed by atoms with Crippen LogP contribution < -0.4 is 0 Å². The van der Waals surface area contributed by atoms with E-state index in [4.69, 9.17) is 0 Å². The zero-order chi connectivity index (χ0) is 8.74. The van der Waals surface area contributed by atoms with Crippen LogP contribution >= 0.6 is 0 Å².